The van der Waals surface area contributed by atoms with Gasteiger partial charge in [-0.2, -0.15) is 0 Å². The van der Waals surface area contributed by atoms with Crippen LogP contribution in [0.5, 0.6) is 0 Å². The molecule has 2 N–H and O–H groups in total. The molecule has 0 heterocycles. The smallest absolute Gasteiger partial charge is 0.328 e. The fourth-order valence-electron chi connectivity index (χ4n) is 3.00. The quantitative estimate of drug-likeness (QED) is 0.262. The van der Waals surface area contributed by atoms with Gasteiger partial charge in [-0.05, 0) is 37.8 Å². The van der Waals surface area contributed by atoms with Crippen LogP contribution in [-0.2, 0) is 19.1 Å². The van der Waals surface area contributed by atoms with Crippen LogP contribution in [0.1, 0.15) is 38.5 Å². The molecule has 1 unspecified atom stereocenters. The summed E-state index contributed by atoms with van der Waals surface area (Å²) in [5, 5.41) is 5.12. The first kappa shape index (κ1) is 26.7. The highest BCUT2D eigenvalue weighted by molar-refractivity contribution is 5.91. The molecular weight excluding hydrogens is 413 g/mol. The van der Waals surface area contributed by atoms with E-state index in [2.05, 4.69) is 22.5 Å². The molecule has 0 bridgehead atoms. The van der Waals surface area contributed by atoms with Crippen molar-refractivity contribution >= 4 is 23.5 Å². The lowest BCUT2D eigenvalue weighted by Crippen LogP contribution is -2.41. The number of amides is 2. The first-order valence-electron chi connectivity index (χ1n) is 10.4. The minimum Gasteiger partial charge on any atom is -0.467 e. The lowest BCUT2D eigenvalue weighted by Gasteiger charge is -2.19. The second-order valence-electron chi connectivity index (χ2n) is 7.14. The fraction of sp³-hybridized carbons (Fsp3) is 0.458. The Morgan fingerprint density at radius 3 is 2.34 bits per heavy atom. The first-order chi connectivity index (χ1) is 15.4. The van der Waals surface area contributed by atoms with Crippen molar-refractivity contribution in [3.8, 4) is 24.7 Å². The van der Waals surface area contributed by atoms with Gasteiger partial charge in [0, 0.05) is 19.4 Å². The minimum absolute atomic E-state index is 0.0465. The molecule has 0 radical (unpaired) electrons. The van der Waals surface area contributed by atoms with Gasteiger partial charge in [-0.1, -0.05) is 24.0 Å². The highest BCUT2D eigenvalue weighted by Crippen LogP contribution is 2.13. The van der Waals surface area contributed by atoms with Gasteiger partial charge in [-0.15, -0.1) is 12.8 Å². The zero-order valence-electron chi connectivity index (χ0n) is 18.4. The average Bonchev–Trinajstić information content (AvgIpc) is 2.77. The van der Waals surface area contributed by atoms with Gasteiger partial charge in [-0.25, -0.2) is 9.18 Å². The topological polar surface area (TPSA) is 87.7 Å². The summed E-state index contributed by atoms with van der Waals surface area (Å²) < 4.78 is 18.3. The van der Waals surface area contributed by atoms with Crippen molar-refractivity contribution in [3.63, 3.8) is 0 Å². The Labute approximate surface area is 189 Å². The van der Waals surface area contributed by atoms with E-state index >= 15 is 0 Å². The number of esters is 1. The third-order valence-corrected chi connectivity index (χ3v) is 4.62. The normalized spacial score (nSPS) is 11.2. The van der Waals surface area contributed by atoms with E-state index in [4.69, 9.17) is 17.6 Å². The van der Waals surface area contributed by atoms with Gasteiger partial charge in [0.15, 0.2) is 0 Å². The van der Waals surface area contributed by atoms with E-state index in [9.17, 15) is 18.8 Å². The lowest BCUT2D eigenvalue weighted by molar-refractivity contribution is -0.145. The zero-order valence-corrected chi connectivity index (χ0v) is 18.4. The van der Waals surface area contributed by atoms with Gasteiger partial charge >= 0.3 is 5.97 Å². The number of carbonyl (C=O) groups is 3. The molecule has 7 nitrogen and oxygen atoms in total. The number of rotatable bonds is 14. The van der Waals surface area contributed by atoms with Gasteiger partial charge in [0.2, 0.25) is 11.8 Å². The molecule has 172 valence electrons. The van der Waals surface area contributed by atoms with Crippen LogP contribution < -0.4 is 10.6 Å². The van der Waals surface area contributed by atoms with Crippen LogP contribution in [0.25, 0.3) is 0 Å². The molecule has 0 spiro atoms. The van der Waals surface area contributed by atoms with Crippen molar-refractivity contribution in [2.24, 2.45) is 0 Å². The molecule has 0 aromatic heterocycles. The number of hydrogen-bond acceptors (Lipinski definition) is 5. The van der Waals surface area contributed by atoms with Crippen LogP contribution in [0.2, 0.25) is 0 Å². The van der Waals surface area contributed by atoms with Gasteiger partial charge in [0.25, 0.3) is 0 Å². The number of hydrogen-bond donors (Lipinski definition) is 2. The van der Waals surface area contributed by atoms with Gasteiger partial charge < -0.3 is 15.4 Å². The maximum absolute atomic E-state index is 13.6. The van der Waals surface area contributed by atoms with E-state index in [-0.39, 0.29) is 30.9 Å². The number of carbonyl (C=O) groups excluding carboxylic acids is 3. The van der Waals surface area contributed by atoms with Crippen LogP contribution in [-0.4, -0.2) is 55.5 Å². The number of halogens is 1. The fourth-order valence-corrected chi connectivity index (χ4v) is 3.00. The van der Waals surface area contributed by atoms with Crippen molar-refractivity contribution in [1.29, 1.82) is 0 Å². The summed E-state index contributed by atoms with van der Waals surface area (Å²) >= 11 is 0. The first-order valence-corrected chi connectivity index (χ1v) is 10.4. The third kappa shape index (κ3) is 10.6. The molecule has 8 heteroatoms. The Hall–Kier alpha value is -3.36. The Kier molecular flexibility index (Phi) is 12.9. The molecule has 0 aliphatic rings. The summed E-state index contributed by atoms with van der Waals surface area (Å²) in [4.78, 5) is 38.1. The molecule has 32 heavy (non-hydrogen) atoms. The SMILES string of the molecule is C#CCN(CC#C)CCCCC(NC(=O)CCCC(=O)Nc1ccccc1F)C(=O)OC. The summed E-state index contributed by atoms with van der Waals surface area (Å²) in [7, 11) is 1.26. The summed E-state index contributed by atoms with van der Waals surface area (Å²) in [6.45, 7) is 1.59. The van der Waals surface area contributed by atoms with E-state index in [1.54, 1.807) is 6.07 Å². The number of para-hydroxylation sites is 1. The molecular formula is C24H30FN3O4. The van der Waals surface area contributed by atoms with E-state index < -0.39 is 23.7 Å². The molecule has 0 saturated carbocycles. The van der Waals surface area contributed by atoms with Crippen LogP contribution in [0.4, 0.5) is 10.1 Å². The number of ether oxygens (including phenoxy) is 1. The van der Waals surface area contributed by atoms with Crippen molar-refractivity contribution in [2.75, 3.05) is 32.1 Å². The van der Waals surface area contributed by atoms with E-state index in [0.717, 1.165) is 6.42 Å². The van der Waals surface area contributed by atoms with Crippen molar-refractivity contribution < 1.29 is 23.5 Å². The monoisotopic (exact) mass is 443 g/mol. The van der Waals surface area contributed by atoms with Crippen LogP contribution in [0.3, 0.4) is 0 Å². The standard InChI is InChI=1S/C24H30FN3O4/c1-4-16-28(17-5-2)18-9-8-13-21(24(31)32-3)27-23(30)15-10-14-22(29)26-20-12-7-6-11-19(20)25/h1-2,6-7,11-12,21H,8-10,13-18H2,3H3,(H,26,29)(H,27,30). The zero-order chi connectivity index (χ0) is 23.8. The Morgan fingerprint density at radius 2 is 1.72 bits per heavy atom. The number of anilines is 1. The van der Waals surface area contributed by atoms with Gasteiger partial charge in [-0.3, -0.25) is 14.5 Å². The Bertz CT molecular complexity index is 828. The van der Waals surface area contributed by atoms with E-state index in [0.29, 0.717) is 32.5 Å². The summed E-state index contributed by atoms with van der Waals surface area (Å²) in [6.07, 6.45) is 12.8. The molecule has 1 atom stereocenters. The predicted molar refractivity (Wildman–Crippen MR) is 121 cm³/mol. The Balaban J connectivity index is 2.39. The largest absolute Gasteiger partial charge is 0.467 e. The molecule has 1 aromatic rings. The van der Waals surface area contributed by atoms with Crippen LogP contribution >= 0.6 is 0 Å². The predicted octanol–water partition coefficient (Wildman–Crippen LogP) is 2.33. The number of nitrogens with zero attached hydrogens (tertiary/aromatic N) is 1. The summed E-state index contributed by atoms with van der Waals surface area (Å²) in [6, 6.07) is 5.07. The number of nitrogens with one attached hydrogen (secondary N) is 2. The highest BCUT2D eigenvalue weighted by Gasteiger charge is 2.21. The van der Waals surface area contributed by atoms with Crippen LogP contribution in [0.15, 0.2) is 24.3 Å². The summed E-state index contributed by atoms with van der Waals surface area (Å²) in [5.74, 6) is 3.30. The molecule has 0 aliphatic heterocycles. The van der Waals surface area contributed by atoms with Gasteiger partial charge in [0.05, 0.1) is 25.9 Å². The maximum Gasteiger partial charge on any atom is 0.328 e. The molecule has 1 rings (SSSR count). The second-order valence-corrected chi connectivity index (χ2v) is 7.14. The van der Waals surface area contributed by atoms with Gasteiger partial charge in [0.1, 0.15) is 11.9 Å². The Morgan fingerprint density at radius 1 is 1.06 bits per heavy atom. The molecule has 0 fully saturated rings. The van der Waals surface area contributed by atoms with E-state index in [1.165, 1.54) is 25.3 Å². The molecule has 1 aromatic carbocycles. The van der Waals surface area contributed by atoms with Crippen molar-refractivity contribution in [3.05, 3.63) is 30.1 Å². The van der Waals surface area contributed by atoms with E-state index in [1.807, 2.05) is 4.90 Å². The number of methoxy groups -OCH3 is 1. The number of unbranched alkanes of at least 4 members (excludes halogenated alkanes) is 1. The van der Waals surface area contributed by atoms with Crippen molar-refractivity contribution in [2.45, 2.75) is 44.6 Å². The summed E-state index contributed by atoms with van der Waals surface area (Å²) in [5.41, 5.74) is 0.0933. The second kappa shape index (κ2) is 15.4. The lowest BCUT2D eigenvalue weighted by atomic mass is 10.1. The molecule has 2 amide bonds. The maximum atomic E-state index is 13.6. The highest BCUT2D eigenvalue weighted by atomic mass is 19.1. The molecule has 0 aliphatic carbocycles. The average molecular weight is 444 g/mol. The third-order valence-electron chi connectivity index (χ3n) is 4.62. The number of benzene rings is 1. The van der Waals surface area contributed by atoms with Crippen LogP contribution in [0, 0.1) is 30.5 Å². The van der Waals surface area contributed by atoms with Crippen molar-refractivity contribution in [1.82, 2.24) is 10.2 Å². The minimum atomic E-state index is -0.770. The molecule has 0 saturated heterocycles. The number of terminal acetylenes is 2.